The molecule has 1 N–H and O–H groups in total. The Balaban J connectivity index is 2.64. The molecule has 3 nitrogen and oxygen atoms in total. The van der Waals surface area contributed by atoms with Crippen LogP contribution in [0.2, 0.25) is 0 Å². The SMILES string of the molecule is CCCNC(C)c1ccc(Br)cc1OCCOC(F)(F)F. The predicted octanol–water partition coefficient (Wildman–Crippen LogP) is 4.42. The second-order valence-electron chi connectivity index (χ2n) is 4.50. The van der Waals surface area contributed by atoms with E-state index in [1.807, 2.05) is 19.1 Å². The van der Waals surface area contributed by atoms with Gasteiger partial charge in [-0.15, -0.1) is 13.2 Å². The maximum absolute atomic E-state index is 11.9. The Morgan fingerprint density at radius 1 is 1.29 bits per heavy atom. The first-order valence-corrected chi connectivity index (χ1v) is 7.49. The van der Waals surface area contributed by atoms with Gasteiger partial charge in [0.05, 0.1) is 6.61 Å². The maximum Gasteiger partial charge on any atom is 0.522 e. The lowest BCUT2D eigenvalue weighted by Gasteiger charge is -2.18. The van der Waals surface area contributed by atoms with Gasteiger partial charge in [-0.25, -0.2) is 0 Å². The van der Waals surface area contributed by atoms with Gasteiger partial charge in [0.1, 0.15) is 12.4 Å². The molecule has 1 aromatic rings. The van der Waals surface area contributed by atoms with E-state index in [0.717, 1.165) is 23.0 Å². The van der Waals surface area contributed by atoms with Gasteiger partial charge in [0.2, 0.25) is 0 Å². The number of nitrogens with one attached hydrogen (secondary N) is 1. The van der Waals surface area contributed by atoms with Gasteiger partial charge < -0.3 is 10.1 Å². The molecule has 0 saturated carbocycles. The number of alkyl halides is 3. The molecule has 1 rings (SSSR count). The summed E-state index contributed by atoms with van der Waals surface area (Å²) in [5.41, 5.74) is 0.902. The molecule has 1 unspecified atom stereocenters. The first-order chi connectivity index (χ1) is 9.83. The molecule has 0 aliphatic carbocycles. The maximum atomic E-state index is 11.9. The van der Waals surface area contributed by atoms with E-state index in [4.69, 9.17) is 4.74 Å². The van der Waals surface area contributed by atoms with Crippen molar-refractivity contribution >= 4 is 15.9 Å². The van der Waals surface area contributed by atoms with Crippen LogP contribution in [0.3, 0.4) is 0 Å². The highest BCUT2D eigenvalue weighted by molar-refractivity contribution is 9.10. The van der Waals surface area contributed by atoms with E-state index in [2.05, 4.69) is 32.9 Å². The van der Waals surface area contributed by atoms with Crippen LogP contribution in [0.5, 0.6) is 5.75 Å². The minimum Gasteiger partial charge on any atom is -0.491 e. The van der Waals surface area contributed by atoms with E-state index in [9.17, 15) is 13.2 Å². The summed E-state index contributed by atoms with van der Waals surface area (Å²) in [5.74, 6) is 0.547. The average Bonchev–Trinajstić information content (AvgIpc) is 2.40. The Labute approximate surface area is 130 Å². The van der Waals surface area contributed by atoms with Crippen molar-refractivity contribution < 1.29 is 22.6 Å². The quantitative estimate of drug-likeness (QED) is 0.687. The van der Waals surface area contributed by atoms with E-state index < -0.39 is 13.0 Å². The molecule has 0 amide bonds. The molecule has 0 aliphatic rings. The number of halogens is 4. The van der Waals surface area contributed by atoms with Crippen molar-refractivity contribution in [2.75, 3.05) is 19.8 Å². The topological polar surface area (TPSA) is 30.5 Å². The Kier molecular flexibility index (Phi) is 7.48. The van der Waals surface area contributed by atoms with E-state index in [1.54, 1.807) is 6.07 Å². The normalized spacial score (nSPS) is 13.2. The Morgan fingerprint density at radius 3 is 2.62 bits per heavy atom. The van der Waals surface area contributed by atoms with Crippen LogP contribution in [0.15, 0.2) is 22.7 Å². The standard InChI is InChI=1S/C14H19BrF3NO2/c1-3-6-19-10(2)12-5-4-11(15)9-13(12)20-7-8-21-14(16,17)18/h4-5,9-10,19H,3,6-8H2,1-2H3. The lowest BCUT2D eigenvalue weighted by molar-refractivity contribution is -0.325. The van der Waals surface area contributed by atoms with Crippen molar-refractivity contribution in [3.63, 3.8) is 0 Å². The fraction of sp³-hybridized carbons (Fsp3) is 0.571. The summed E-state index contributed by atoms with van der Waals surface area (Å²) in [6.07, 6.45) is -3.63. The van der Waals surface area contributed by atoms with Crippen LogP contribution in [0.25, 0.3) is 0 Å². The molecule has 21 heavy (non-hydrogen) atoms. The third-order valence-electron chi connectivity index (χ3n) is 2.75. The van der Waals surface area contributed by atoms with Crippen LogP contribution in [0, 0.1) is 0 Å². The van der Waals surface area contributed by atoms with E-state index in [0.29, 0.717) is 5.75 Å². The number of benzene rings is 1. The van der Waals surface area contributed by atoms with E-state index in [-0.39, 0.29) is 12.6 Å². The molecule has 0 radical (unpaired) electrons. The molecule has 0 bridgehead atoms. The summed E-state index contributed by atoms with van der Waals surface area (Å²) in [6.45, 7) is 4.20. The fourth-order valence-corrected chi connectivity index (χ4v) is 2.11. The van der Waals surface area contributed by atoms with Crippen molar-refractivity contribution in [1.29, 1.82) is 0 Å². The molecule has 0 fully saturated rings. The summed E-state index contributed by atoms with van der Waals surface area (Å²) in [6, 6.07) is 5.56. The summed E-state index contributed by atoms with van der Waals surface area (Å²) in [4.78, 5) is 0. The van der Waals surface area contributed by atoms with Gasteiger partial charge >= 0.3 is 6.36 Å². The first-order valence-electron chi connectivity index (χ1n) is 6.69. The largest absolute Gasteiger partial charge is 0.522 e. The minimum absolute atomic E-state index is 0.0524. The Hall–Kier alpha value is -0.790. The molecular formula is C14H19BrF3NO2. The lowest BCUT2D eigenvalue weighted by atomic mass is 10.1. The van der Waals surface area contributed by atoms with Crippen LogP contribution < -0.4 is 10.1 Å². The average molecular weight is 370 g/mol. The van der Waals surface area contributed by atoms with Crippen molar-refractivity contribution in [3.8, 4) is 5.75 Å². The van der Waals surface area contributed by atoms with Gasteiger partial charge in [-0.2, -0.15) is 0 Å². The molecule has 7 heteroatoms. The molecule has 1 atom stereocenters. The number of ether oxygens (including phenoxy) is 2. The third kappa shape index (κ3) is 7.15. The Bertz CT molecular complexity index is 441. The van der Waals surface area contributed by atoms with Crippen LogP contribution in [0.1, 0.15) is 31.9 Å². The van der Waals surface area contributed by atoms with Gasteiger partial charge in [0, 0.05) is 16.1 Å². The van der Waals surface area contributed by atoms with Crippen LogP contribution in [-0.2, 0) is 4.74 Å². The highest BCUT2D eigenvalue weighted by atomic mass is 79.9. The molecular weight excluding hydrogens is 351 g/mol. The van der Waals surface area contributed by atoms with Crippen molar-refractivity contribution in [2.45, 2.75) is 32.7 Å². The van der Waals surface area contributed by atoms with Gasteiger partial charge in [0.25, 0.3) is 0 Å². The summed E-state index contributed by atoms with van der Waals surface area (Å²) >= 11 is 3.33. The fourth-order valence-electron chi connectivity index (χ4n) is 1.77. The smallest absolute Gasteiger partial charge is 0.491 e. The highest BCUT2D eigenvalue weighted by Crippen LogP contribution is 2.29. The second kappa shape index (κ2) is 8.60. The Morgan fingerprint density at radius 2 is 2.00 bits per heavy atom. The monoisotopic (exact) mass is 369 g/mol. The number of rotatable bonds is 8. The molecule has 0 saturated heterocycles. The minimum atomic E-state index is -4.63. The van der Waals surface area contributed by atoms with Gasteiger partial charge in [0.15, 0.2) is 0 Å². The van der Waals surface area contributed by atoms with Crippen LogP contribution in [-0.4, -0.2) is 26.1 Å². The van der Waals surface area contributed by atoms with Gasteiger partial charge in [-0.05, 0) is 32.0 Å². The highest BCUT2D eigenvalue weighted by Gasteiger charge is 2.28. The zero-order valence-corrected chi connectivity index (χ0v) is 13.6. The molecule has 120 valence electrons. The molecule has 0 spiro atoms. The van der Waals surface area contributed by atoms with E-state index in [1.165, 1.54) is 0 Å². The molecule has 0 aromatic heterocycles. The van der Waals surface area contributed by atoms with Crippen molar-refractivity contribution in [3.05, 3.63) is 28.2 Å². The third-order valence-corrected chi connectivity index (χ3v) is 3.24. The summed E-state index contributed by atoms with van der Waals surface area (Å²) in [7, 11) is 0. The molecule has 1 aromatic carbocycles. The summed E-state index contributed by atoms with van der Waals surface area (Å²) in [5, 5.41) is 3.32. The first kappa shape index (κ1) is 18.3. The zero-order valence-electron chi connectivity index (χ0n) is 12.0. The van der Waals surface area contributed by atoms with Gasteiger partial charge in [-0.3, -0.25) is 4.74 Å². The van der Waals surface area contributed by atoms with Crippen LogP contribution in [0.4, 0.5) is 13.2 Å². The summed E-state index contributed by atoms with van der Waals surface area (Å²) < 4.78 is 45.6. The number of hydrogen-bond donors (Lipinski definition) is 1. The molecule has 0 heterocycles. The zero-order chi connectivity index (χ0) is 15.9. The predicted molar refractivity (Wildman–Crippen MR) is 78.4 cm³/mol. The van der Waals surface area contributed by atoms with Gasteiger partial charge in [-0.1, -0.05) is 28.9 Å². The lowest BCUT2D eigenvalue weighted by Crippen LogP contribution is -2.21. The van der Waals surface area contributed by atoms with Crippen molar-refractivity contribution in [2.24, 2.45) is 0 Å². The second-order valence-corrected chi connectivity index (χ2v) is 5.42. The van der Waals surface area contributed by atoms with Crippen molar-refractivity contribution in [1.82, 2.24) is 5.32 Å². The van der Waals surface area contributed by atoms with Crippen LogP contribution >= 0.6 is 15.9 Å². The molecule has 0 aliphatic heterocycles. The number of hydrogen-bond acceptors (Lipinski definition) is 3. The van der Waals surface area contributed by atoms with E-state index >= 15 is 0 Å².